The lowest BCUT2D eigenvalue weighted by Gasteiger charge is -2.31. The number of fused-ring (bicyclic) bond motifs is 2. The second kappa shape index (κ2) is 11.7. The lowest BCUT2D eigenvalue weighted by molar-refractivity contribution is -0.385. The Balaban J connectivity index is 1.36. The van der Waals surface area contributed by atoms with Crippen LogP contribution in [0, 0.1) is 16.0 Å². The van der Waals surface area contributed by atoms with Gasteiger partial charge in [0.25, 0.3) is 11.6 Å². The number of aliphatic hydroxyl groups is 1. The Morgan fingerprint density at radius 2 is 2.02 bits per heavy atom. The van der Waals surface area contributed by atoms with Crippen LogP contribution in [-0.2, 0) is 39.4 Å². The van der Waals surface area contributed by atoms with Crippen molar-refractivity contribution in [2.75, 3.05) is 23.0 Å². The van der Waals surface area contributed by atoms with Crippen molar-refractivity contribution in [3.05, 3.63) is 75.6 Å². The molecule has 12 nitrogen and oxygen atoms in total. The van der Waals surface area contributed by atoms with Gasteiger partial charge in [-0.1, -0.05) is 24.3 Å². The van der Waals surface area contributed by atoms with Crippen molar-refractivity contribution in [3.63, 3.8) is 0 Å². The van der Waals surface area contributed by atoms with Gasteiger partial charge in [0.2, 0.25) is 14.3 Å². The summed E-state index contributed by atoms with van der Waals surface area (Å²) in [6.07, 6.45) is 3.07. The Bertz CT molecular complexity index is 1640. The summed E-state index contributed by atoms with van der Waals surface area (Å²) in [6.45, 7) is 6.11. The highest BCUT2D eigenvalue weighted by Crippen LogP contribution is 2.60. The second-order valence-electron chi connectivity index (χ2n) is 12.7. The van der Waals surface area contributed by atoms with Crippen LogP contribution in [0.5, 0.6) is 0 Å². The van der Waals surface area contributed by atoms with Crippen molar-refractivity contribution < 1.29 is 28.5 Å². The van der Waals surface area contributed by atoms with Crippen molar-refractivity contribution in [1.82, 2.24) is 15.0 Å². The van der Waals surface area contributed by atoms with Gasteiger partial charge in [-0.3, -0.25) is 24.4 Å². The van der Waals surface area contributed by atoms with E-state index in [1.807, 2.05) is 31.2 Å². The average Bonchev–Trinajstić information content (AvgIpc) is 3.75. The first-order valence-electron chi connectivity index (χ1n) is 15.3. The maximum atomic E-state index is 16.2. The smallest absolute Gasteiger partial charge is 0.269 e. The maximum Gasteiger partial charge on any atom is 0.269 e. The molecule has 2 fully saturated rings. The van der Waals surface area contributed by atoms with Crippen LogP contribution >= 0.6 is 0 Å². The van der Waals surface area contributed by atoms with Gasteiger partial charge >= 0.3 is 0 Å². The minimum Gasteiger partial charge on any atom is -0.396 e. The predicted octanol–water partition coefficient (Wildman–Crippen LogP) is 4.26. The SMILES string of the molecule is C[C@H]1[C@H]([Si](C)(C)F)[C@@H](CCn2cc(CCO)nn2)O[C@]12C(=O)N(Cc1cccc(N3CCCC3=O)c1)c1ccc([N+](=O)[O-])cc12. The number of aryl methyl sites for hydroxylation is 1. The van der Waals surface area contributed by atoms with Crippen molar-refractivity contribution in [2.24, 2.45) is 5.92 Å². The number of benzene rings is 2. The van der Waals surface area contributed by atoms with E-state index in [0.717, 1.165) is 17.7 Å². The Morgan fingerprint density at radius 3 is 2.71 bits per heavy atom. The van der Waals surface area contributed by atoms with Crippen LogP contribution in [0.2, 0.25) is 18.6 Å². The standard InChI is InChI=1S/C31H37FN6O6Si/c1-20-29(45(2,3)32)27(11-14-35-19-22(12-15-39)33-34-35)44-31(20)25-17-24(38(42)43)9-10-26(25)37(30(31)41)18-21-6-4-7-23(16-21)36-13-5-8-28(36)40/h4,6-7,9-10,16-17,19-20,27,29,39H,5,8,11-15,18H2,1-3H3/t20-,27+,29-,31+/m0/s1. The summed E-state index contributed by atoms with van der Waals surface area (Å²) in [5.74, 6) is -0.939. The maximum absolute atomic E-state index is 16.2. The summed E-state index contributed by atoms with van der Waals surface area (Å²) in [5.41, 5.74) is 0.659. The molecule has 1 aromatic heterocycles. The monoisotopic (exact) mass is 636 g/mol. The molecule has 4 atom stereocenters. The number of carbonyl (C=O) groups excluding carboxylic acids is 2. The highest BCUT2D eigenvalue weighted by atomic mass is 28.4. The average molecular weight is 637 g/mol. The zero-order valence-corrected chi connectivity index (χ0v) is 26.6. The zero-order valence-electron chi connectivity index (χ0n) is 25.6. The number of aliphatic hydroxyl groups excluding tert-OH is 1. The minimum absolute atomic E-state index is 0.0554. The molecule has 0 radical (unpaired) electrons. The minimum atomic E-state index is -3.45. The number of hydrogen-bond acceptors (Lipinski definition) is 8. The van der Waals surface area contributed by atoms with E-state index >= 15 is 4.11 Å². The van der Waals surface area contributed by atoms with Crippen LogP contribution in [0.4, 0.5) is 21.2 Å². The number of nitro benzene ring substituents is 1. The molecule has 0 aliphatic carbocycles. The summed E-state index contributed by atoms with van der Waals surface area (Å²) in [6, 6.07) is 11.8. The first kappa shape index (κ1) is 31.0. The van der Waals surface area contributed by atoms with Gasteiger partial charge in [0, 0.05) is 73.6 Å². The van der Waals surface area contributed by atoms with Crippen LogP contribution < -0.4 is 9.80 Å². The largest absolute Gasteiger partial charge is 0.396 e. The van der Waals surface area contributed by atoms with Crippen LogP contribution in [-0.4, -0.2) is 64.5 Å². The van der Waals surface area contributed by atoms with Crippen LogP contribution in [0.25, 0.3) is 0 Å². The highest BCUT2D eigenvalue weighted by Gasteiger charge is 2.66. The topological polar surface area (TPSA) is 144 Å². The summed E-state index contributed by atoms with van der Waals surface area (Å²) >= 11 is 0. The molecular weight excluding hydrogens is 599 g/mol. The number of rotatable bonds is 10. The number of non-ortho nitro benzene ring substituents is 1. The van der Waals surface area contributed by atoms with E-state index < -0.39 is 36.5 Å². The molecule has 1 spiro atoms. The molecule has 3 aliphatic heterocycles. The summed E-state index contributed by atoms with van der Waals surface area (Å²) < 4.78 is 24.5. The lowest BCUT2D eigenvalue weighted by Crippen LogP contribution is -2.45. The van der Waals surface area contributed by atoms with Crippen LogP contribution in [0.1, 0.15) is 43.0 Å². The van der Waals surface area contributed by atoms with Gasteiger partial charge in [-0.2, -0.15) is 0 Å². The molecule has 0 saturated carbocycles. The number of carbonyl (C=O) groups is 2. The van der Waals surface area contributed by atoms with Gasteiger partial charge < -0.3 is 23.8 Å². The van der Waals surface area contributed by atoms with Gasteiger partial charge in [0.15, 0.2) is 5.60 Å². The van der Waals surface area contributed by atoms with Gasteiger partial charge in [-0.25, -0.2) is 0 Å². The van der Waals surface area contributed by atoms with Gasteiger partial charge in [0.1, 0.15) is 0 Å². The molecule has 2 saturated heterocycles. The van der Waals surface area contributed by atoms with Crippen molar-refractivity contribution in [3.8, 4) is 0 Å². The number of amides is 2. The quantitative estimate of drug-likeness (QED) is 0.151. The predicted molar refractivity (Wildman–Crippen MR) is 166 cm³/mol. The van der Waals surface area contributed by atoms with E-state index in [4.69, 9.17) is 4.74 Å². The summed E-state index contributed by atoms with van der Waals surface area (Å²) in [7, 11) is -3.45. The van der Waals surface area contributed by atoms with Gasteiger partial charge in [-0.05, 0) is 49.7 Å². The highest BCUT2D eigenvalue weighted by molar-refractivity contribution is 6.72. The molecule has 3 aromatic rings. The third-order valence-corrected chi connectivity index (χ3v) is 11.8. The number of aromatic nitrogens is 3. The van der Waals surface area contributed by atoms with E-state index in [1.165, 1.54) is 12.1 Å². The fourth-order valence-electron chi connectivity index (χ4n) is 7.44. The summed E-state index contributed by atoms with van der Waals surface area (Å²) in [4.78, 5) is 41.7. The fraction of sp³-hybridized carbons (Fsp3) is 0.484. The molecular formula is C31H37FN6O6Si. The molecule has 238 valence electrons. The van der Waals surface area contributed by atoms with Crippen molar-refractivity contribution >= 4 is 37.3 Å². The van der Waals surface area contributed by atoms with Crippen LogP contribution in [0.15, 0.2) is 48.7 Å². The molecule has 1 N–H and O–H groups in total. The number of hydrogen-bond donors (Lipinski definition) is 1. The Labute approximate surface area is 261 Å². The fourth-order valence-corrected chi connectivity index (χ4v) is 9.98. The molecule has 0 unspecified atom stereocenters. The molecule has 45 heavy (non-hydrogen) atoms. The molecule has 6 rings (SSSR count). The third-order valence-electron chi connectivity index (χ3n) is 9.39. The van der Waals surface area contributed by atoms with Gasteiger partial charge in [-0.15, -0.1) is 5.10 Å². The first-order chi connectivity index (χ1) is 21.4. The molecule has 4 heterocycles. The zero-order chi connectivity index (χ0) is 32.1. The number of nitro groups is 1. The molecule has 14 heteroatoms. The molecule has 0 bridgehead atoms. The Kier molecular flexibility index (Phi) is 8.08. The lowest BCUT2D eigenvalue weighted by atomic mass is 9.82. The number of nitrogens with zero attached hydrogens (tertiary/aromatic N) is 6. The van der Waals surface area contributed by atoms with Crippen molar-refractivity contribution in [2.45, 2.75) is 76.0 Å². The Hall–Kier alpha value is -4.01. The van der Waals surface area contributed by atoms with E-state index in [0.29, 0.717) is 49.3 Å². The molecule has 2 amide bonds. The number of halogens is 1. The van der Waals surface area contributed by atoms with Crippen LogP contribution in [0.3, 0.4) is 0 Å². The van der Waals surface area contributed by atoms with E-state index in [9.17, 15) is 24.8 Å². The first-order valence-corrected chi connectivity index (χ1v) is 18.3. The summed E-state index contributed by atoms with van der Waals surface area (Å²) in [5, 5.41) is 29.3. The number of anilines is 2. The van der Waals surface area contributed by atoms with E-state index in [2.05, 4.69) is 10.3 Å². The normalized spacial score (nSPS) is 24.7. The van der Waals surface area contributed by atoms with Crippen molar-refractivity contribution in [1.29, 1.82) is 0 Å². The molecule has 2 aromatic carbocycles. The third kappa shape index (κ3) is 5.44. The Morgan fingerprint density at radius 1 is 1.22 bits per heavy atom. The van der Waals surface area contributed by atoms with E-state index in [-0.39, 0.29) is 30.7 Å². The van der Waals surface area contributed by atoms with E-state index in [1.54, 1.807) is 39.8 Å². The number of ether oxygens (including phenoxy) is 1. The van der Waals surface area contributed by atoms with Gasteiger partial charge in [0.05, 0.1) is 29.0 Å². The second-order valence-corrected chi connectivity index (χ2v) is 16.5. The molecule has 3 aliphatic rings.